The van der Waals surface area contributed by atoms with Gasteiger partial charge in [-0.2, -0.15) is 0 Å². The number of amides is 1. The van der Waals surface area contributed by atoms with Gasteiger partial charge in [0.25, 0.3) is 0 Å². The standard InChI is InChI=1S/C21H29N5O2/c1-15(5-3-2-4-6-19(27)26-28)11-16-7-9-22-13-17(12-16)20-18-8-10-23-21(18)25-14-24-20/h8,10,12-16,28H,2-7,9,11H2,1H3,(H,26,27)(H,23,24,25). The number of nitrogens with zero attached hydrogens (tertiary/aromatic N) is 3. The molecule has 3 heterocycles. The van der Waals surface area contributed by atoms with E-state index in [4.69, 9.17) is 5.21 Å². The molecule has 0 spiro atoms. The first kappa shape index (κ1) is 20.2. The van der Waals surface area contributed by atoms with Crippen molar-refractivity contribution in [1.82, 2.24) is 20.4 Å². The average Bonchev–Trinajstić information content (AvgIpc) is 3.07. The first-order valence-electron chi connectivity index (χ1n) is 10.1. The molecule has 0 saturated carbocycles. The molecule has 2 aromatic heterocycles. The van der Waals surface area contributed by atoms with Crippen LogP contribution in [0, 0.1) is 11.8 Å². The summed E-state index contributed by atoms with van der Waals surface area (Å²) in [5, 5.41) is 9.54. The monoisotopic (exact) mass is 383 g/mol. The summed E-state index contributed by atoms with van der Waals surface area (Å²) in [7, 11) is 0. The van der Waals surface area contributed by atoms with Crippen LogP contribution in [-0.2, 0) is 4.79 Å². The average molecular weight is 383 g/mol. The number of hydrogen-bond donors (Lipinski definition) is 3. The van der Waals surface area contributed by atoms with Gasteiger partial charge in [0.05, 0.1) is 5.69 Å². The zero-order chi connectivity index (χ0) is 19.8. The maximum Gasteiger partial charge on any atom is 0.243 e. The van der Waals surface area contributed by atoms with E-state index in [2.05, 4.69) is 32.9 Å². The van der Waals surface area contributed by atoms with Crippen molar-refractivity contribution in [2.75, 3.05) is 6.54 Å². The van der Waals surface area contributed by atoms with E-state index in [1.807, 2.05) is 18.5 Å². The van der Waals surface area contributed by atoms with Gasteiger partial charge < -0.3 is 4.98 Å². The molecule has 1 aliphatic rings. The molecular formula is C21H29N5O2. The minimum absolute atomic E-state index is 0.301. The Balaban J connectivity index is 1.56. The Morgan fingerprint density at radius 1 is 1.36 bits per heavy atom. The summed E-state index contributed by atoms with van der Waals surface area (Å²) >= 11 is 0. The number of aromatic amines is 1. The largest absolute Gasteiger partial charge is 0.346 e. The van der Waals surface area contributed by atoms with E-state index in [9.17, 15) is 4.79 Å². The fourth-order valence-corrected chi connectivity index (χ4v) is 3.86. The number of carbonyl (C=O) groups is 1. The van der Waals surface area contributed by atoms with Gasteiger partial charge in [0.2, 0.25) is 5.91 Å². The van der Waals surface area contributed by atoms with Crippen LogP contribution >= 0.6 is 0 Å². The third-order valence-electron chi connectivity index (χ3n) is 5.33. The van der Waals surface area contributed by atoms with Gasteiger partial charge in [-0.25, -0.2) is 15.4 Å². The maximum atomic E-state index is 11.0. The van der Waals surface area contributed by atoms with Crippen LogP contribution in [0.1, 0.15) is 57.6 Å². The second-order valence-electron chi connectivity index (χ2n) is 7.64. The molecule has 28 heavy (non-hydrogen) atoms. The van der Waals surface area contributed by atoms with Crippen LogP contribution in [0.3, 0.4) is 0 Å². The summed E-state index contributed by atoms with van der Waals surface area (Å²) in [6.45, 7) is 3.14. The second kappa shape index (κ2) is 10.1. The van der Waals surface area contributed by atoms with Crippen LogP contribution in [-0.4, -0.2) is 38.8 Å². The van der Waals surface area contributed by atoms with Gasteiger partial charge in [0.1, 0.15) is 12.0 Å². The molecular weight excluding hydrogens is 354 g/mol. The molecule has 2 aromatic rings. The number of hydrogen-bond acceptors (Lipinski definition) is 5. The minimum Gasteiger partial charge on any atom is -0.346 e. The van der Waals surface area contributed by atoms with Crippen LogP contribution in [0.4, 0.5) is 0 Å². The van der Waals surface area contributed by atoms with Crippen molar-refractivity contribution < 1.29 is 10.0 Å². The van der Waals surface area contributed by atoms with Gasteiger partial charge in [-0.15, -0.1) is 0 Å². The van der Waals surface area contributed by atoms with Crippen LogP contribution in [0.25, 0.3) is 16.6 Å². The van der Waals surface area contributed by atoms with E-state index in [1.165, 1.54) is 0 Å². The minimum atomic E-state index is -0.301. The Kier molecular flexibility index (Phi) is 7.31. The predicted octanol–water partition coefficient (Wildman–Crippen LogP) is 3.91. The van der Waals surface area contributed by atoms with Gasteiger partial charge >= 0.3 is 0 Å². The van der Waals surface area contributed by atoms with Gasteiger partial charge in [-0.05, 0) is 37.2 Å². The lowest BCUT2D eigenvalue weighted by Gasteiger charge is -2.17. The van der Waals surface area contributed by atoms with Gasteiger partial charge in [0, 0.05) is 36.3 Å². The molecule has 0 aliphatic carbocycles. The van der Waals surface area contributed by atoms with Crippen LogP contribution in [0.15, 0.2) is 29.7 Å². The molecule has 0 bridgehead atoms. The van der Waals surface area contributed by atoms with E-state index in [1.54, 1.807) is 11.8 Å². The summed E-state index contributed by atoms with van der Waals surface area (Å²) in [6, 6.07) is 2.01. The third-order valence-corrected chi connectivity index (χ3v) is 5.33. The van der Waals surface area contributed by atoms with Crippen molar-refractivity contribution in [3.05, 3.63) is 30.4 Å². The molecule has 7 heteroatoms. The number of H-pyrrole nitrogens is 1. The van der Waals surface area contributed by atoms with Crippen molar-refractivity contribution in [3.63, 3.8) is 0 Å². The highest BCUT2D eigenvalue weighted by atomic mass is 16.5. The lowest BCUT2D eigenvalue weighted by atomic mass is 9.88. The van der Waals surface area contributed by atoms with Crippen molar-refractivity contribution in [2.45, 2.75) is 51.9 Å². The van der Waals surface area contributed by atoms with Gasteiger partial charge in [-0.3, -0.25) is 15.0 Å². The van der Waals surface area contributed by atoms with Crippen molar-refractivity contribution in [1.29, 1.82) is 0 Å². The first-order valence-corrected chi connectivity index (χ1v) is 10.1. The molecule has 1 aliphatic heterocycles. The fraction of sp³-hybridized carbons (Fsp3) is 0.524. The normalized spacial score (nSPS) is 17.9. The lowest BCUT2D eigenvalue weighted by Crippen LogP contribution is -2.17. The molecule has 2 unspecified atom stereocenters. The van der Waals surface area contributed by atoms with Crippen molar-refractivity contribution >= 4 is 28.7 Å². The van der Waals surface area contributed by atoms with Crippen LogP contribution in [0.2, 0.25) is 0 Å². The van der Waals surface area contributed by atoms with E-state index in [0.29, 0.717) is 18.3 Å². The van der Waals surface area contributed by atoms with Gasteiger partial charge in [-0.1, -0.05) is 32.3 Å². The Bertz CT molecular complexity index is 842. The number of unbranched alkanes of at least 4 members (excludes halogenated alkanes) is 2. The maximum absolute atomic E-state index is 11.0. The Morgan fingerprint density at radius 3 is 3.11 bits per heavy atom. The highest BCUT2D eigenvalue weighted by molar-refractivity contribution is 6.13. The topological polar surface area (TPSA) is 103 Å². The zero-order valence-electron chi connectivity index (χ0n) is 16.4. The molecule has 2 atom stereocenters. The zero-order valence-corrected chi connectivity index (χ0v) is 16.4. The number of hydroxylamine groups is 1. The number of carbonyl (C=O) groups excluding carboxylic acids is 1. The molecule has 0 saturated heterocycles. The number of aromatic nitrogens is 3. The number of aliphatic imine (C=N–C) groups is 1. The van der Waals surface area contributed by atoms with Crippen LogP contribution < -0.4 is 5.48 Å². The SMILES string of the molecule is CC(CCCCCC(=O)NO)CC1C=C(c2ncnc3[nH]ccc23)C=NCC1. The molecule has 0 fully saturated rings. The van der Waals surface area contributed by atoms with E-state index >= 15 is 0 Å². The number of allylic oxidation sites excluding steroid dienone is 2. The van der Waals surface area contributed by atoms with Crippen LogP contribution in [0.5, 0.6) is 0 Å². The Hall–Kier alpha value is -2.54. The molecule has 0 aromatic carbocycles. The summed E-state index contributed by atoms with van der Waals surface area (Å²) in [4.78, 5) is 27.5. The first-order chi connectivity index (χ1) is 13.7. The highest BCUT2D eigenvalue weighted by Crippen LogP contribution is 2.28. The van der Waals surface area contributed by atoms with Crippen molar-refractivity contribution in [3.8, 4) is 0 Å². The summed E-state index contributed by atoms with van der Waals surface area (Å²) in [5.41, 5.74) is 4.56. The molecule has 150 valence electrons. The quantitative estimate of drug-likeness (QED) is 0.347. The summed E-state index contributed by atoms with van der Waals surface area (Å²) in [5.74, 6) is 0.798. The Morgan fingerprint density at radius 2 is 2.25 bits per heavy atom. The van der Waals surface area contributed by atoms with E-state index in [0.717, 1.165) is 67.4 Å². The molecule has 3 N–H and O–H groups in total. The Labute approximate surface area is 165 Å². The smallest absolute Gasteiger partial charge is 0.243 e. The van der Waals surface area contributed by atoms with Gasteiger partial charge in [0.15, 0.2) is 0 Å². The molecule has 0 radical (unpaired) electrons. The van der Waals surface area contributed by atoms with E-state index in [-0.39, 0.29) is 5.91 Å². The lowest BCUT2D eigenvalue weighted by molar-refractivity contribution is -0.129. The predicted molar refractivity (Wildman–Crippen MR) is 110 cm³/mol. The van der Waals surface area contributed by atoms with Crippen molar-refractivity contribution in [2.24, 2.45) is 16.8 Å². The number of rotatable bonds is 9. The molecule has 1 amide bonds. The molecule has 3 rings (SSSR count). The van der Waals surface area contributed by atoms with E-state index < -0.39 is 0 Å². The highest BCUT2D eigenvalue weighted by Gasteiger charge is 2.16. The summed E-state index contributed by atoms with van der Waals surface area (Å²) < 4.78 is 0. The number of nitrogens with one attached hydrogen (secondary N) is 2. The second-order valence-corrected chi connectivity index (χ2v) is 7.64. The fourth-order valence-electron chi connectivity index (χ4n) is 3.86. The molecule has 7 nitrogen and oxygen atoms in total. The number of fused-ring (bicyclic) bond motifs is 1. The third kappa shape index (κ3) is 5.48. The summed E-state index contributed by atoms with van der Waals surface area (Å²) in [6.07, 6.45) is 14.4.